The number of halogens is 5. The summed E-state index contributed by atoms with van der Waals surface area (Å²) in [7, 11) is 0. The van der Waals surface area contributed by atoms with E-state index in [1.165, 1.54) is 0 Å². The van der Waals surface area contributed by atoms with Gasteiger partial charge in [-0.3, -0.25) is 0 Å². The van der Waals surface area contributed by atoms with Gasteiger partial charge in [0.25, 0.3) is 0 Å². The first-order valence-electron chi connectivity index (χ1n) is 1.75. The summed E-state index contributed by atoms with van der Waals surface area (Å²) in [6.07, 6.45) is 0. The molecule has 0 heterocycles. The summed E-state index contributed by atoms with van der Waals surface area (Å²) in [5, 5.41) is -3.23. The van der Waals surface area contributed by atoms with E-state index in [-0.39, 0.29) is 5.88 Å². The summed E-state index contributed by atoms with van der Waals surface area (Å²) in [5.74, 6) is -0.198. The molecule has 8 heavy (non-hydrogen) atoms. The molecule has 0 aromatic carbocycles. The van der Waals surface area contributed by atoms with Gasteiger partial charge in [0.15, 0.2) is 0 Å². The molecule has 0 bridgehead atoms. The summed E-state index contributed by atoms with van der Waals surface area (Å²) < 4.78 is 23.5. The second-order valence-corrected chi connectivity index (χ2v) is 3.08. The maximum Gasteiger partial charge on any atom is 0.335 e. The molecule has 0 aliphatic heterocycles. The smallest absolute Gasteiger partial charge is 0.187 e. The first-order valence-corrected chi connectivity index (χ1v) is 3.58. The van der Waals surface area contributed by atoms with E-state index >= 15 is 0 Å². The largest absolute Gasteiger partial charge is 0.335 e. The lowest BCUT2D eigenvalue weighted by atomic mass is 10.5. The monoisotopic (exact) mass is 226 g/mol. The van der Waals surface area contributed by atoms with Gasteiger partial charge in [-0.1, -0.05) is 15.9 Å². The Hall–Kier alpha value is 0.920. The van der Waals surface area contributed by atoms with E-state index in [9.17, 15) is 8.78 Å². The summed E-state index contributed by atoms with van der Waals surface area (Å²) >= 11 is 12.1. The zero-order valence-electron chi connectivity index (χ0n) is 3.67. The van der Waals surface area contributed by atoms with Crippen molar-refractivity contribution in [3.63, 3.8) is 0 Å². The minimum Gasteiger partial charge on any atom is -0.187 e. The third kappa shape index (κ3) is 3.05. The molecule has 0 rings (SSSR count). The van der Waals surface area contributed by atoms with Crippen molar-refractivity contribution in [3.8, 4) is 0 Å². The second kappa shape index (κ2) is 3.18. The van der Waals surface area contributed by atoms with E-state index in [1.54, 1.807) is 0 Å². The molecule has 0 saturated heterocycles. The number of rotatable bonds is 2. The topological polar surface area (TPSA) is 0 Å². The molecule has 0 aliphatic carbocycles. The third-order valence-electron chi connectivity index (χ3n) is 0.491. The Kier molecular flexibility index (Phi) is 3.55. The van der Waals surface area contributed by atoms with E-state index < -0.39 is 10.2 Å². The lowest BCUT2D eigenvalue weighted by Gasteiger charge is -2.10. The van der Waals surface area contributed by atoms with Gasteiger partial charge in [-0.2, -0.15) is 8.78 Å². The van der Waals surface area contributed by atoms with Crippen molar-refractivity contribution < 1.29 is 8.78 Å². The van der Waals surface area contributed by atoms with Crippen LogP contribution in [0.15, 0.2) is 0 Å². The van der Waals surface area contributed by atoms with Crippen molar-refractivity contribution in [2.75, 3.05) is 5.88 Å². The molecule has 0 spiro atoms. The highest BCUT2D eigenvalue weighted by Crippen LogP contribution is 2.29. The molecule has 0 nitrogen and oxygen atoms in total. The Bertz CT molecular complexity index is 72.2. The van der Waals surface area contributed by atoms with Gasteiger partial charge in [-0.15, -0.1) is 11.6 Å². The molecule has 0 N–H and O–H groups in total. The molecule has 0 aromatic heterocycles. The van der Waals surface area contributed by atoms with Gasteiger partial charge < -0.3 is 0 Å². The summed E-state index contributed by atoms with van der Waals surface area (Å²) in [4.78, 5) is -1.14. The first-order chi connectivity index (χ1) is 3.48. The Morgan fingerprint density at radius 2 is 2.00 bits per heavy atom. The Morgan fingerprint density at radius 3 is 2.00 bits per heavy atom. The molecule has 50 valence electrons. The van der Waals surface area contributed by atoms with Crippen molar-refractivity contribution in [3.05, 3.63) is 0 Å². The van der Waals surface area contributed by atoms with Crippen LogP contribution in [0.2, 0.25) is 0 Å². The fourth-order valence-electron chi connectivity index (χ4n) is 0.0875. The van der Waals surface area contributed by atoms with Crippen molar-refractivity contribution in [1.29, 1.82) is 0 Å². The van der Waals surface area contributed by atoms with Gasteiger partial charge >= 0.3 is 5.38 Å². The normalized spacial score (nSPS) is 16.1. The lowest BCUT2D eigenvalue weighted by Crippen LogP contribution is -2.22. The lowest BCUT2D eigenvalue weighted by molar-refractivity contribution is 0.101. The maximum atomic E-state index is 11.8. The fourth-order valence-corrected chi connectivity index (χ4v) is 0.437. The van der Waals surface area contributed by atoms with Crippen LogP contribution in [-0.2, 0) is 0 Å². The second-order valence-electron chi connectivity index (χ2n) is 1.16. The van der Waals surface area contributed by atoms with E-state index in [2.05, 4.69) is 27.5 Å². The summed E-state index contributed by atoms with van der Waals surface area (Å²) in [6, 6.07) is 0. The Morgan fingerprint density at radius 1 is 1.62 bits per heavy atom. The fraction of sp³-hybridized carbons (Fsp3) is 1.00. The van der Waals surface area contributed by atoms with Gasteiger partial charge in [0.2, 0.25) is 0 Å². The van der Waals surface area contributed by atoms with Crippen molar-refractivity contribution in [2.24, 2.45) is 0 Å². The average molecular weight is 228 g/mol. The van der Waals surface area contributed by atoms with E-state index in [0.29, 0.717) is 0 Å². The SMILES string of the molecule is FC(F)(Cl)C(Br)CCl. The maximum absolute atomic E-state index is 11.8. The Balaban J connectivity index is 3.62. The van der Waals surface area contributed by atoms with Crippen LogP contribution >= 0.6 is 39.1 Å². The molecule has 1 atom stereocenters. The van der Waals surface area contributed by atoms with E-state index in [0.717, 1.165) is 0 Å². The predicted molar refractivity (Wildman–Crippen MR) is 34.2 cm³/mol. The van der Waals surface area contributed by atoms with Gasteiger partial charge in [-0.25, -0.2) is 0 Å². The Labute approximate surface area is 64.3 Å². The molecular weight excluding hydrogens is 225 g/mol. The van der Waals surface area contributed by atoms with Crippen LogP contribution < -0.4 is 0 Å². The van der Waals surface area contributed by atoms with Crippen molar-refractivity contribution >= 4 is 39.1 Å². The van der Waals surface area contributed by atoms with Gasteiger partial charge in [-0.05, 0) is 11.6 Å². The van der Waals surface area contributed by atoms with Crippen LogP contribution in [0, 0.1) is 0 Å². The minimum absolute atomic E-state index is 0.198. The molecule has 5 heteroatoms. The van der Waals surface area contributed by atoms with Crippen LogP contribution in [0.25, 0.3) is 0 Å². The highest BCUT2D eigenvalue weighted by atomic mass is 79.9. The summed E-state index contributed by atoms with van der Waals surface area (Å²) in [6.45, 7) is 0. The van der Waals surface area contributed by atoms with Crippen LogP contribution in [0.1, 0.15) is 0 Å². The quantitative estimate of drug-likeness (QED) is 0.637. The van der Waals surface area contributed by atoms with Crippen LogP contribution in [0.5, 0.6) is 0 Å². The minimum atomic E-state index is -3.23. The highest BCUT2D eigenvalue weighted by Gasteiger charge is 2.33. The number of hydrogen-bond donors (Lipinski definition) is 0. The summed E-state index contributed by atoms with van der Waals surface area (Å²) in [5.41, 5.74) is 0. The molecule has 0 aliphatic rings. The third-order valence-corrected chi connectivity index (χ3v) is 2.60. The first kappa shape index (κ1) is 8.92. The molecular formula is C3H3BrCl2F2. The molecule has 0 saturated carbocycles. The number of alkyl halides is 5. The van der Waals surface area contributed by atoms with E-state index in [1.807, 2.05) is 0 Å². The average Bonchev–Trinajstić information content (AvgIpc) is 1.62. The van der Waals surface area contributed by atoms with Gasteiger partial charge in [0, 0.05) is 5.88 Å². The molecule has 1 unspecified atom stereocenters. The van der Waals surface area contributed by atoms with Gasteiger partial charge in [0.1, 0.15) is 4.83 Å². The van der Waals surface area contributed by atoms with Crippen LogP contribution in [-0.4, -0.2) is 16.1 Å². The standard InChI is InChI=1S/C3H3BrCl2F2/c4-2(1-5)3(6,7)8/h2H,1H2. The predicted octanol–water partition coefficient (Wildman–Crippen LogP) is 2.82. The van der Waals surface area contributed by atoms with E-state index in [4.69, 9.17) is 11.6 Å². The molecule has 0 radical (unpaired) electrons. The molecule has 0 fully saturated rings. The zero-order valence-corrected chi connectivity index (χ0v) is 6.77. The highest BCUT2D eigenvalue weighted by molar-refractivity contribution is 9.09. The van der Waals surface area contributed by atoms with Crippen LogP contribution in [0.4, 0.5) is 8.78 Å². The van der Waals surface area contributed by atoms with Crippen molar-refractivity contribution in [1.82, 2.24) is 0 Å². The number of hydrogen-bond acceptors (Lipinski definition) is 0. The molecule has 0 amide bonds. The zero-order chi connectivity index (χ0) is 6.78. The van der Waals surface area contributed by atoms with Gasteiger partial charge in [0.05, 0.1) is 0 Å². The van der Waals surface area contributed by atoms with Crippen LogP contribution in [0.3, 0.4) is 0 Å². The molecule has 0 aromatic rings. The van der Waals surface area contributed by atoms with Crippen molar-refractivity contribution in [2.45, 2.75) is 10.2 Å².